The molecule has 0 saturated carbocycles. The summed E-state index contributed by atoms with van der Waals surface area (Å²) < 4.78 is 5.76. The quantitative estimate of drug-likeness (QED) is 0.548. The third-order valence-electron chi connectivity index (χ3n) is 2.94. The van der Waals surface area contributed by atoms with Gasteiger partial charge < -0.3 is 4.74 Å². The van der Waals surface area contributed by atoms with E-state index in [0.717, 1.165) is 21.9 Å². The molecule has 0 bridgehead atoms. The van der Waals surface area contributed by atoms with Crippen LogP contribution in [0, 0.1) is 0 Å². The highest BCUT2D eigenvalue weighted by atomic mass is 35.5. The molecule has 3 heteroatoms. The highest BCUT2D eigenvalue weighted by Crippen LogP contribution is 2.33. The summed E-state index contributed by atoms with van der Waals surface area (Å²) in [4.78, 5) is 1.16. The lowest BCUT2D eigenvalue weighted by atomic mass is 10.1. The van der Waals surface area contributed by atoms with Gasteiger partial charge >= 0.3 is 0 Å². The second kappa shape index (κ2) is 6.12. The van der Waals surface area contributed by atoms with E-state index in [-0.39, 0.29) is 5.38 Å². The van der Waals surface area contributed by atoms with Gasteiger partial charge in [0.1, 0.15) is 11.5 Å². The van der Waals surface area contributed by atoms with Gasteiger partial charge in [-0.1, -0.05) is 36.4 Å². The SMILES string of the molecule is ClC(c1ccc(Oc2ccccc2)cc1)c1cccs1. The summed E-state index contributed by atoms with van der Waals surface area (Å²) in [5, 5.41) is 1.94. The summed E-state index contributed by atoms with van der Waals surface area (Å²) in [7, 11) is 0. The lowest BCUT2D eigenvalue weighted by molar-refractivity contribution is 0.482. The van der Waals surface area contributed by atoms with Crippen molar-refractivity contribution in [3.05, 3.63) is 82.6 Å². The Kier molecular flexibility index (Phi) is 4.05. The molecule has 1 nitrogen and oxygen atoms in total. The number of para-hydroxylation sites is 1. The second-order valence-corrected chi connectivity index (χ2v) is 5.78. The molecule has 1 unspecified atom stereocenters. The van der Waals surface area contributed by atoms with Crippen LogP contribution in [0.1, 0.15) is 15.8 Å². The van der Waals surface area contributed by atoms with Crippen LogP contribution in [0.5, 0.6) is 11.5 Å². The van der Waals surface area contributed by atoms with Crippen LogP contribution in [0.15, 0.2) is 72.1 Å². The summed E-state index contributed by atoms with van der Waals surface area (Å²) in [6.45, 7) is 0. The Labute approximate surface area is 127 Å². The molecule has 3 rings (SSSR count). The molecule has 0 fully saturated rings. The Hall–Kier alpha value is -1.77. The minimum absolute atomic E-state index is 0.0965. The van der Waals surface area contributed by atoms with Crippen molar-refractivity contribution in [2.75, 3.05) is 0 Å². The van der Waals surface area contributed by atoms with Gasteiger partial charge in [-0.2, -0.15) is 0 Å². The Morgan fingerprint density at radius 3 is 2.15 bits per heavy atom. The number of halogens is 1. The number of alkyl halides is 1. The third kappa shape index (κ3) is 3.03. The van der Waals surface area contributed by atoms with Crippen molar-refractivity contribution in [3.8, 4) is 11.5 Å². The number of hydrogen-bond acceptors (Lipinski definition) is 2. The first-order valence-electron chi connectivity index (χ1n) is 6.33. The predicted molar refractivity (Wildman–Crippen MR) is 85.0 cm³/mol. The summed E-state index contributed by atoms with van der Waals surface area (Å²) in [6.07, 6.45) is 0. The van der Waals surface area contributed by atoms with Gasteiger partial charge in [-0.15, -0.1) is 22.9 Å². The average Bonchev–Trinajstić information content (AvgIpc) is 3.03. The largest absolute Gasteiger partial charge is 0.457 e. The highest BCUT2D eigenvalue weighted by Gasteiger charge is 2.11. The van der Waals surface area contributed by atoms with Gasteiger partial charge in [0.05, 0.1) is 5.38 Å². The maximum absolute atomic E-state index is 6.46. The molecule has 3 aromatic rings. The molecule has 1 atom stereocenters. The van der Waals surface area contributed by atoms with E-state index in [4.69, 9.17) is 16.3 Å². The maximum atomic E-state index is 6.46. The van der Waals surface area contributed by atoms with Crippen LogP contribution in [0.25, 0.3) is 0 Å². The van der Waals surface area contributed by atoms with Crippen LogP contribution in [0.2, 0.25) is 0 Å². The second-order valence-electron chi connectivity index (χ2n) is 4.36. The number of rotatable bonds is 4. The van der Waals surface area contributed by atoms with Gasteiger partial charge in [0.25, 0.3) is 0 Å². The monoisotopic (exact) mass is 300 g/mol. The van der Waals surface area contributed by atoms with Crippen LogP contribution in [-0.2, 0) is 0 Å². The van der Waals surface area contributed by atoms with E-state index in [1.807, 2.05) is 66.0 Å². The molecule has 0 amide bonds. The fourth-order valence-corrected chi connectivity index (χ4v) is 3.03. The fraction of sp³-hybridized carbons (Fsp3) is 0.0588. The van der Waals surface area contributed by atoms with Crippen molar-refractivity contribution < 1.29 is 4.74 Å². The highest BCUT2D eigenvalue weighted by molar-refractivity contribution is 7.10. The lowest BCUT2D eigenvalue weighted by Crippen LogP contribution is -1.90. The Bertz CT molecular complexity index is 647. The van der Waals surface area contributed by atoms with Gasteiger partial charge in [-0.3, -0.25) is 0 Å². The van der Waals surface area contributed by atoms with Crippen molar-refractivity contribution in [1.29, 1.82) is 0 Å². The van der Waals surface area contributed by atoms with Crippen LogP contribution in [0.4, 0.5) is 0 Å². The Balaban J connectivity index is 1.75. The van der Waals surface area contributed by atoms with E-state index in [2.05, 4.69) is 6.07 Å². The molecule has 1 aromatic heterocycles. The van der Waals surface area contributed by atoms with Gasteiger partial charge in [0.2, 0.25) is 0 Å². The maximum Gasteiger partial charge on any atom is 0.127 e. The number of benzene rings is 2. The standard InChI is InChI=1S/C17H13ClOS/c18-17(16-7-4-12-20-16)13-8-10-15(11-9-13)19-14-5-2-1-3-6-14/h1-12,17H. The van der Waals surface area contributed by atoms with Gasteiger partial charge in [0, 0.05) is 4.88 Å². The zero-order valence-electron chi connectivity index (χ0n) is 10.7. The van der Waals surface area contributed by atoms with E-state index in [1.165, 1.54) is 0 Å². The molecule has 2 aromatic carbocycles. The lowest BCUT2D eigenvalue weighted by Gasteiger charge is -2.09. The van der Waals surface area contributed by atoms with Gasteiger partial charge in [-0.25, -0.2) is 0 Å². The molecule has 0 spiro atoms. The summed E-state index contributed by atoms with van der Waals surface area (Å²) in [5.74, 6) is 1.65. The molecule has 20 heavy (non-hydrogen) atoms. The molecule has 1 heterocycles. The average molecular weight is 301 g/mol. The summed E-state index contributed by atoms with van der Waals surface area (Å²) in [5.41, 5.74) is 1.08. The summed E-state index contributed by atoms with van der Waals surface area (Å²) >= 11 is 8.12. The van der Waals surface area contributed by atoms with Crippen molar-refractivity contribution in [2.24, 2.45) is 0 Å². The van der Waals surface area contributed by atoms with Crippen molar-refractivity contribution in [1.82, 2.24) is 0 Å². The number of ether oxygens (including phenoxy) is 1. The van der Waals surface area contributed by atoms with Crippen LogP contribution in [-0.4, -0.2) is 0 Å². The van der Waals surface area contributed by atoms with Crippen LogP contribution < -0.4 is 4.74 Å². The first-order chi connectivity index (χ1) is 9.83. The van der Waals surface area contributed by atoms with Crippen molar-refractivity contribution in [2.45, 2.75) is 5.38 Å². The smallest absolute Gasteiger partial charge is 0.127 e. The summed E-state index contributed by atoms with van der Waals surface area (Å²) in [6, 6.07) is 21.7. The van der Waals surface area contributed by atoms with Crippen molar-refractivity contribution >= 4 is 22.9 Å². The molecule has 0 radical (unpaired) electrons. The number of hydrogen-bond donors (Lipinski definition) is 0. The minimum Gasteiger partial charge on any atom is -0.457 e. The van der Waals surface area contributed by atoms with Crippen molar-refractivity contribution in [3.63, 3.8) is 0 Å². The minimum atomic E-state index is -0.0965. The zero-order valence-corrected chi connectivity index (χ0v) is 12.3. The third-order valence-corrected chi connectivity index (χ3v) is 4.50. The van der Waals surface area contributed by atoms with E-state index in [0.29, 0.717) is 0 Å². The normalized spacial score (nSPS) is 12.1. The topological polar surface area (TPSA) is 9.23 Å². The van der Waals surface area contributed by atoms with Gasteiger partial charge in [-0.05, 0) is 41.3 Å². The Morgan fingerprint density at radius 1 is 0.800 bits per heavy atom. The van der Waals surface area contributed by atoms with Gasteiger partial charge in [0.15, 0.2) is 0 Å². The fourth-order valence-electron chi connectivity index (χ4n) is 1.93. The first-order valence-corrected chi connectivity index (χ1v) is 7.65. The number of thiophene rings is 1. The molecular formula is C17H13ClOS. The molecule has 0 N–H and O–H groups in total. The van der Waals surface area contributed by atoms with Crippen LogP contribution >= 0.6 is 22.9 Å². The zero-order chi connectivity index (χ0) is 13.8. The van der Waals surface area contributed by atoms with E-state index >= 15 is 0 Å². The first kappa shape index (κ1) is 13.2. The molecule has 0 saturated heterocycles. The molecule has 0 aliphatic rings. The molecule has 0 aliphatic carbocycles. The Morgan fingerprint density at radius 2 is 1.50 bits per heavy atom. The van der Waals surface area contributed by atoms with Crippen LogP contribution in [0.3, 0.4) is 0 Å². The van der Waals surface area contributed by atoms with E-state index < -0.39 is 0 Å². The van der Waals surface area contributed by atoms with E-state index in [1.54, 1.807) is 11.3 Å². The molecular weight excluding hydrogens is 288 g/mol. The molecule has 100 valence electrons. The van der Waals surface area contributed by atoms with E-state index in [9.17, 15) is 0 Å². The predicted octanol–water partition coefficient (Wildman–Crippen LogP) is 5.87. The molecule has 0 aliphatic heterocycles.